The molecule has 0 bridgehead atoms. The van der Waals surface area contributed by atoms with Crippen LogP contribution in [0.15, 0.2) is 0 Å². The monoisotopic (exact) mass is 515 g/mol. The number of hydroxylamine groups is 1. The number of hydrogen-bond acceptors (Lipinski definition) is 6. The van der Waals surface area contributed by atoms with Gasteiger partial charge in [-0.2, -0.15) is 4.62 Å². The molecular weight excluding hydrogens is 469 g/mol. The van der Waals surface area contributed by atoms with Crippen molar-refractivity contribution >= 4 is 13.5 Å². The molecule has 9 heteroatoms. The van der Waals surface area contributed by atoms with Crippen LogP contribution in [0.4, 0.5) is 0 Å². The Hall–Kier alpha value is -0.500. The number of carbonyl (C=O) groups excluding carboxylic acids is 1. The van der Waals surface area contributed by atoms with Crippen LogP contribution in [0.1, 0.15) is 85.5 Å². The summed E-state index contributed by atoms with van der Waals surface area (Å²) in [5.41, 5.74) is 1.86. The van der Waals surface area contributed by atoms with E-state index in [1.165, 1.54) is 6.92 Å². The molecule has 8 nitrogen and oxygen atoms in total. The molecule has 4 aliphatic rings. The first kappa shape index (κ1) is 27.5. The summed E-state index contributed by atoms with van der Waals surface area (Å²) in [5.74, 6) is 0.988. The van der Waals surface area contributed by atoms with Gasteiger partial charge in [0.2, 0.25) is 5.91 Å². The van der Waals surface area contributed by atoms with Gasteiger partial charge in [-0.25, -0.2) is 5.48 Å². The van der Waals surface area contributed by atoms with E-state index in [0.717, 1.165) is 38.5 Å². The molecular formula is C26H46NO7P. The number of amides is 1. The number of rotatable bonds is 7. The molecule has 0 aromatic heterocycles. The molecule has 4 saturated carbocycles. The fourth-order valence-corrected chi connectivity index (χ4v) is 9.30. The third-order valence-electron chi connectivity index (χ3n) is 11.0. The van der Waals surface area contributed by atoms with Crippen molar-refractivity contribution in [2.24, 2.45) is 46.3 Å². The summed E-state index contributed by atoms with van der Waals surface area (Å²) in [6, 6.07) is 0. The Bertz CT molecular complexity index is 841. The predicted molar refractivity (Wildman–Crippen MR) is 132 cm³/mol. The molecule has 35 heavy (non-hydrogen) atoms. The quantitative estimate of drug-likeness (QED) is 0.258. The van der Waals surface area contributed by atoms with Crippen molar-refractivity contribution in [2.45, 2.75) is 104 Å². The minimum absolute atomic E-state index is 0.0534. The van der Waals surface area contributed by atoms with Gasteiger partial charge in [0.15, 0.2) is 0 Å². The molecule has 0 aliphatic heterocycles. The van der Waals surface area contributed by atoms with Gasteiger partial charge >= 0.3 is 7.60 Å². The SMILES string of the molecule is CCP(=O)(O)ONC(=O)CCC(C)C1CCC2C3C(O)CC4CC(O)CCC4(C)C3CC(O)C12C. The molecule has 4 aliphatic carbocycles. The van der Waals surface area contributed by atoms with E-state index in [2.05, 4.69) is 30.9 Å². The van der Waals surface area contributed by atoms with Gasteiger partial charge in [-0.15, -0.1) is 0 Å². The molecule has 1 amide bonds. The Balaban J connectivity index is 1.45. The molecule has 5 N–H and O–H groups in total. The van der Waals surface area contributed by atoms with Crippen LogP contribution in [0.2, 0.25) is 0 Å². The predicted octanol–water partition coefficient (Wildman–Crippen LogP) is 3.62. The zero-order valence-electron chi connectivity index (χ0n) is 21.7. The molecule has 4 rings (SSSR count). The van der Waals surface area contributed by atoms with E-state index in [1.807, 2.05) is 0 Å². The molecule has 202 valence electrons. The van der Waals surface area contributed by atoms with Gasteiger partial charge in [0.1, 0.15) is 0 Å². The van der Waals surface area contributed by atoms with E-state index in [4.69, 9.17) is 0 Å². The molecule has 12 unspecified atom stereocenters. The van der Waals surface area contributed by atoms with Crippen LogP contribution in [-0.4, -0.2) is 50.6 Å². The van der Waals surface area contributed by atoms with Crippen LogP contribution in [0.5, 0.6) is 0 Å². The third kappa shape index (κ3) is 4.88. The van der Waals surface area contributed by atoms with Crippen molar-refractivity contribution < 1.29 is 34.2 Å². The topological polar surface area (TPSA) is 136 Å². The van der Waals surface area contributed by atoms with Crippen molar-refractivity contribution in [1.82, 2.24) is 5.48 Å². The number of aliphatic hydroxyl groups is 3. The standard InChI is InChI=1S/C26H46NO7P/c1-5-35(32,33)34-27-23(31)9-6-15(2)18-7-8-19-24-20(14-22(30)26(18,19)4)25(3)11-10-17(28)12-16(25)13-21(24)29/h15-22,24,28-30H,5-14H2,1-4H3,(H,27,31)(H,32,33). The zero-order chi connectivity index (χ0) is 25.8. The van der Waals surface area contributed by atoms with Gasteiger partial charge in [0, 0.05) is 12.6 Å². The Morgan fingerprint density at radius 3 is 2.51 bits per heavy atom. The first-order valence-corrected chi connectivity index (χ1v) is 15.4. The lowest BCUT2D eigenvalue weighted by atomic mass is 9.43. The second kappa shape index (κ2) is 9.99. The lowest BCUT2D eigenvalue weighted by Crippen LogP contribution is -2.62. The maximum atomic E-state index is 12.2. The first-order valence-electron chi connectivity index (χ1n) is 13.7. The van der Waals surface area contributed by atoms with Crippen molar-refractivity contribution in [3.8, 4) is 0 Å². The molecule has 0 aromatic carbocycles. The molecule has 0 radical (unpaired) electrons. The summed E-state index contributed by atoms with van der Waals surface area (Å²) < 4.78 is 16.3. The van der Waals surface area contributed by atoms with E-state index in [9.17, 15) is 29.6 Å². The van der Waals surface area contributed by atoms with Gasteiger partial charge in [-0.05, 0) is 97.7 Å². The van der Waals surface area contributed by atoms with Crippen molar-refractivity contribution in [1.29, 1.82) is 0 Å². The van der Waals surface area contributed by atoms with Gasteiger partial charge in [-0.1, -0.05) is 27.7 Å². The first-order chi connectivity index (χ1) is 16.3. The fourth-order valence-electron chi connectivity index (χ4n) is 8.93. The van der Waals surface area contributed by atoms with E-state index in [-0.39, 0.29) is 59.1 Å². The minimum atomic E-state index is -3.78. The Labute approximate surface area is 209 Å². The summed E-state index contributed by atoms with van der Waals surface area (Å²) in [4.78, 5) is 21.7. The largest absolute Gasteiger partial charge is 0.393 e. The fraction of sp³-hybridized carbons (Fsp3) is 0.962. The van der Waals surface area contributed by atoms with E-state index < -0.39 is 25.7 Å². The minimum Gasteiger partial charge on any atom is -0.393 e. The molecule has 0 heterocycles. The van der Waals surface area contributed by atoms with Crippen LogP contribution in [-0.2, 0) is 14.0 Å². The van der Waals surface area contributed by atoms with Crippen LogP contribution in [0.3, 0.4) is 0 Å². The van der Waals surface area contributed by atoms with Crippen molar-refractivity contribution in [3.05, 3.63) is 0 Å². The van der Waals surface area contributed by atoms with Crippen molar-refractivity contribution in [2.75, 3.05) is 6.16 Å². The molecule has 0 saturated heterocycles. The van der Waals surface area contributed by atoms with Gasteiger partial charge in [-0.3, -0.25) is 9.36 Å². The van der Waals surface area contributed by atoms with Gasteiger partial charge in [0.05, 0.1) is 18.3 Å². The van der Waals surface area contributed by atoms with Crippen LogP contribution < -0.4 is 5.48 Å². The summed E-state index contributed by atoms with van der Waals surface area (Å²) >= 11 is 0. The summed E-state index contributed by atoms with van der Waals surface area (Å²) in [5, 5.41) is 33.3. The highest BCUT2D eigenvalue weighted by Gasteiger charge is 2.65. The van der Waals surface area contributed by atoms with Gasteiger partial charge < -0.3 is 20.2 Å². The number of hydrogen-bond donors (Lipinski definition) is 5. The van der Waals surface area contributed by atoms with Crippen LogP contribution >= 0.6 is 7.60 Å². The molecule has 0 aromatic rings. The van der Waals surface area contributed by atoms with E-state index in [1.54, 1.807) is 0 Å². The molecule has 4 fully saturated rings. The maximum absolute atomic E-state index is 12.2. The summed E-state index contributed by atoms with van der Waals surface area (Å²) in [6.45, 7) is 8.19. The smallest absolute Gasteiger partial charge is 0.348 e. The Kier molecular flexibility index (Phi) is 7.86. The average molecular weight is 516 g/mol. The lowest BCUT2D eigenvalue weighted by Gasteiger charge is -2.63. The molecule has 12 atom stereocenters. The number of aliphatic hydroxyl groups excluding tert-OH is 3. The van der Waals surface area contributed by atoms with Crippen molar-refractivity contribution in [3.63, 3.8) is 0 Å². The maximum Gasteiger partial charge on any atom is 0.348 e. The average Bonchev–Trinajstić information content (AvgIpc) is 3.16. The highest BCUT2D eigenvalue weighted by atomic mass is 31.2. The zero-order valence-corrected chi connectivity index (χ0v) is 22.6. The second-order valence-corrected chi connectivity index (χ2v) is 14.7. The Morgan fingerprint density at radius 2 is 1.83 bits per heavy atom. The highest BCUT2D eigenvalue weighted by molar-refractivity contribution is 7.52. The number of fused-ring (bicyclic) bond motifs is 5. The second-order valence-electron chi connectivity index (χ2n) is 12.6. The molecule has 0 spiro atoms. The third-order valence-corrected chi connectivity index (χ3v) is 12.2. The van der Waals surface area contributed by atoms with E-state index >= 15 is 0 Å². The van der Waals surface area contributed by atoms with Gasteiger partial charge in [0.25, 0.3) is 0 Å². The van der Waals surface area contributed by atoms with E-state index in [0.29, 0.717) is 18.8 Å². The van der Waals surface area contributed by atoms with Crippen LogP contribution in [0, 0.1) is 46.3 Å². The number of carbonyl (C=O) groups is 1. The Morgan fingerprint density at radius 1 is 1.11 bits per heavy atom. The normalized spacial score (nSPS) is 47.7. The summed E-state index contributed by atoms with van der Waals surface area (Å²) in [7, 11) is -3.78. The van der Waals surface area contributed by atoms with Crippen LogP contribution in [0.25, 0.3) is 0 Å². The highest BCUT2D eigenvalue weighted by Crippen LogP contribution is 2.68. The number of nitrogens with one attached hydrogen (secondary N) is 1. The lowest BCUT2D eigenvalue weighted by molar-refractivity contribution is -0.207. The summed E-state index contributed by atoms with van der Waals surface area (Å²) in [6.07, 6.45) is 5.48.